The second-order valence-corrected chi connectivity index (χ2v) is 14.0. The summed E-state index contributed by atoms with van der Waals surface area (Å²) in [5.41, 5.74) is 11.4. The lowest BCUT2D eigenvalue weighted by Crippen LogP contribution is -2.57. The molecule has 7 unspecified atom stereocenters. The number of benzene rings is 1. The number of carbonyl (C=O) groups excluding carboxylic acids is 2. The van der Waals surface area contributed by atoms with E-state index in [4.69, 9.17) is 19.9 Å². The van der Waals surface area contributed by atoms with E-state index in [1.165, 1.54) is 0 Å². The summed E-state index contributed by atoms with van der Waals surface area (Å²) in [7, 11) is 0. The summed E-state index contributed by atoms with van der Waals surface area (Å²) in [6.07, 6.45) is 4.14. The molecule has 0 radical (unpaired) electrons. The average molecular weight is 652 g/mol. The average Bonchev–Trinajstić information content (AvgIpc) is 3.67. The largest absolute Gasteiger partial charge is 0.513 e. The van der Waals surface area contributed by atoms with Gasteiger partial charge in [0.05, 0.1) is 48.8 Å². The maximum Gasteiger partial charge on any atom is 0.407 e. The summed E-state index contributed by atoms with van der Waals surface area (Å²) in [5, 5.41) is 26.2. The number of nitrogens with one attached hydrogen (secondary N) is 2. The lowest BCUT2D eigenvalue weighted by molar-refractivity contribution is -0.130. The van der Waals surface area contributed by atoms with Gasteiger partial charge < -0.3 is 35.5 Å². The van der Waals surface area contributed by atoms with E-state index in [1.807, 2.05) is 63.2 Å². The van der Waals surface area contributed by atoms with Crippen molar-refractivity contribution in [3.05, 3.63) is 66.1 Å². The van der Waals surface area contributed by atoms with Crippen LogP contribution < -0.4 is 16.5 Å². The van der Waals surface area contributed by atoms with Crippen molar-refractivity contribution in [2.45, 2.75) is 90.0 Å². The molecule has 2 aromatic rings. The molecule has 1 aromatic heterocycles. The number of hydrogen-bond acceptors (Lipinski definition) is 10. The van der Waals surface area contributed by atoms with Gasteiger partial charge in [0.25, 0.3) is 5.91 Å². The van der Waals surface area contributed by atoms with E-state index in [0.29, 0.717) is 31.6 Å². The number of pyridine rings is 1. The van der Waals surface area contributed by atoms with Gasteiger partial charge in [-0.3, -0.25) is 15.2 Å². The maximum atomic E-state index is 13.3. The van der Waals surface area contributed by atoms with E-state index in [-0.39, 0.29) is 43.7 Å². The smallest absolute Gasteiger partial charge is 0.407 e. The highest BCUT2D eigenvalue weighted by Gasteiger charge is 2.44. The standard InChI is InChI=1S/C35H49N5O7/c1-35(2,3)31(36)32(43)39-40(19-23-7-11-24(12-8-23)27-6-4-5-16-37-27)20-29(42)28(18-22-9-13-25(41)14-10-22)38-34(44)47-30-21-46-33-26(30)15-17-45-33/h4-8,11-13,16,22,26,28-31,33,41-42H,9-10,14-15,17-21,36H2,1-3H3,(H,38,44)(H,39,43). The molecule has 6 N–H and O–H groups in total. The van der Waals surface area contributed by atoms with Crippen molar-refractivity contribution in [2.24, 2.45) is 23.0 Å². The van der Waals surface area contributed by atoms with E-state index in [0.717, 1.165) is 29.7 Å². The van der Waals surface area contributed by atoms with E-state index in [1.54, 1.807) is 17.3 Å². The molecule has 0 spiro atoms. The molecule has 47 heavy (non-hydrogen) atoms. The molecule has 0 saturated carbocycles. The van der Waals surface area contributed by atoms with E-state index >= 15 is 0 Å². The van der Waals surface area contributed by atoms with Crippen LogP contribution in [-0.2, 0) is 25.5 Å². The Morgan fingerprint density at radius 3 is 2.62 bits per heavy atom. The summed E-state index contributed by atoms with van der Waals surface area (Å²) in [5.74, 6) is 0.0988. The van der Waals surface area contributed by atoms with Crippen molar-refractivity contribution >= 4 is 12.0 Å². The summed E-state index contributed by atoms with van der Waals surface area (Å²) in [4.78, 5) is 30.9. The summed E-state index contributed by atoms with van der Waals surface area (Å²) in [6, 6.07) is 12.1. The van der Waals surface area contributed by atoms with Gasteiger partial charge in [0.2, 0.25) is 0 Å². The molecular formula is C35H49N5O7. The Hall–Kier alpha value is -3.55. The Morgan fingerprint density at radius 2 is 1.94 bits per heavy atom. The molecule has 12 heteroatoms. The number of carbonyl (C=O) groups is 2. The van der Waals surface area contributed by atoms with Crippen molar-refractivity contribution < 1.29 is 34.0 Å². The number of aliphatic hydroxyl groups excluding tert-OH is 2. The van der Waals surface area contributed by atoms with Crippen LogP contribution in [0.25, 0.3) is 11.3 Å². The fraction of sp³-hybridized carbons (Fsp3) is 0.571. The van der Waals surface area contributed by atoms with Gasteiger partial charge in [0.1, 0.15) is 6.10 Å². The van der Waals surface area contributed by atoms with Crippen LogP contribution in [0.15, 0.2) is 60.5 Å². The molecule has 5 rings (SSSR count). The van der Waals surface area contributed by atoms with Gasteiger partial charge in [-0.25, -0.2) is 9.80 Å². The Morgan fingerprint density at radius 1 is 1.15 bits per heavy atom. The Kier molecular flexibility index (Phi) is 11.5. The first kappa shape index (κ1) is 34.8. The fourth-order valence-electron chi connectivity index (χ4n) is 6.29. The first-order valence-corrected chi connectivity index (χ1v) is 16.5. The molecule has 3 aliphatic rings. The maximum absolute atomic E-state index is 13.3. The quantitative estimate of drug-likeness (QED) is 0.213. The van der Waals surface area contributed by atoms with Crippen LogP contribution in [0.5, 0.6) is 0 Å². The minimum Gasteiger partial charge on any atom is -0.513 e. The molecule has 12 nitrogen and oxygen atoms in total. The summed E-state index contributed by atoms with van der Waals surface area (Å²) >= 11 is 0. The third-order valence-electron chi connectivity index (χ3n) is 9.27. The number of nitrogens with two attached hydrogens (primary N) is 1. The fourth-order valence-corrected chi connectivity index (χ4v) is 6.29. The van der Waals surface area contributed by atoms with Crippen LogP contribution in [0, 0.1) is 17.3 Å². The highest BCUT2D eigenvalue weighted by Crippen LogP contribution is 2.33. The van der Waals surface area contributed by atoms with Crippen LogP contribution in [0.3, 0.4) is 0 Å². The van der Waals surface area contributed by atoms with Crippen LogP contribution in [-0.4, -0.2) is 82.5 Å². The van der Waals surface area contributed by atoms with Crippen molar-refractivity contribution in [3.8, 4) is 11.3 Å². The van der Waals surface area contributed by atoms with Gasteiger partial charge in [0, 0.05) is 31.3 Å². The van der Waals surface area contributed by atoms with Gasteiger partial charge in [-0.05, 0) is 60.8 Å². The number of amides is 2. The number of hydrogen-bond donors (Lipinski definition) is 5. The molecular weight excluding hydrogens is 602 g/mol. The zero-order valence-electron chi connectivity index (χ0n) is 27.5. The molecule has 2 saturated heterocycles. The molecule has 256 valence electrons. The normalized spacial score (nSPS) is 24.6. The molecule has 2 aliphatic heterocycles. The summed E-state index contributed by atoms with van der Waals surface area (Å²) < 4.78 is 17.0. The molecule has 1 aliphatic carbocycles. The number of ether oxygens (including phenoxy) is 3. The number of aliphatic hydroxyl groups is 2. The number of nitrogens with zero attached hydrogens (tertiary/aromatic N) is 2. The van der Waals surface area contributed by atoms with E-state index < -0.39 is 35.8 Å². The Labute approximate surface area is 276 Å². The van der Waals surface area contributed by atoms with Gasteiger partial charge in [-0.2, -0.15) is 0 Å². The van der Waals surface area contributed by atoms with E-state index in [9.17, 15) is 19.8 Å². The number of allylic oxidation sites excluding steroid dienone is 2. The minimum atomic E-state index is -1.08. The van der Waals surface area contributed by atoms with Gasteiger partial charge in [-0.15, -0.1) is 0 Å². The van der Waals surface area contributed by atoms with Crippen LogP contribution in [0.4, 0.5) is 4.79 Å². The van der Waals surface area contributed by atoms with Crippen LogP contribution in [0.2, 0.25) is 0 Å². The first-order valence-electron chi connectivity index (χ1n) is 16.5. The van der Waals surface area contributed by atoms with Crippen molar-refractivity contribution in [3.63, 3.8) is 0 Å². The zero-order valence-corrected chi connectivity index (χ0v) is 27.5. The molecule has 7 atom stereocenters. The van der Waals surface area contributed by atoms with Crippen LogP contribution in [0.1, 0.15) is 58.4 Å². The molecule has 2 fully saturated rings. The molecule has 1 aromatic carbocycles. The highest BCUT2D eigenvalue weighted by molar-refractivity contribution is 5.81. The number of alkyl carbamates (subject to hydrolysis) is 1. The van der Waals surface area contributed by atoms with Crippen LogP contribution >= 0.6 is 0 Å². The van der Waals surface area contributed by atoms with Crippen molar-refractivity contribution in [2.75, 3.05) is 19.8 Å². The lowest BCUT2D eigenvalue weighted by Gasteiger charge is -2.34. The zero-order chi connectivity index (χ0) is 33.6. The Balaban J connectivity index is 1.31. The van der Waals surface area contributed by atoms with E-state index in [2.05, 4.69) is 15.7 Å². The first-order chi connectivity index (χ1) is 22.5. The predicted molar refractivity (Wildman–Crippen MR) is 175 cm³/mol. The number of fused-ring (bicyclic) bond motifs is 1. The topological polar surface area (TPSA) is 168 Å². The number of aromatic nitrogens is 1. The monoisotopic (exact) mass is 651 g/mol. The number of rotatable bonds is 12. The second-order valence-electron chi connectivity index (χ2n) is 14.0. The highest BCUT2D eigenvalue weighted by atomic mass is 16.7. The SMILES string of the molecule is CC(C)(C)C(N)C(=O)NN(Cc1ccc(-c2ccccn2)cc1)CC(O)C(CC1CC=C(O)CC1)NC(=O)OC1COC2OCCC12. The number of hydrazine groups is 1. The minimum absolute atomic E-state index is 0.00836. The Bertz CT molecular complexity index is 1370. The third kappa shape index (κ3) is 9.51. The van der Waals surface area contributed by atoms with Crippen molar-refractivity contribution in [1.82, 2.24) is 20.7 Å². The third-order valence-corrected chi connectivity index (χ3v) is 9.27. The molecule has 2 amide bonds. The van der Waals surface area contributed by atoms with Crippen molar-refractivity contribution in [1.29, 1.82) is 0 Å². The van der Waals surface area contributed by atoms with Gasteiger partial charge in [-0.1, -0.05) is 51.1 Å². The molecule has 3 heterocycles. The molecule has 0 bridgehead atoms. The lowest BCUT2D eigenvalue weighted by atomic mass is 9.86. The van der Waals surface area contributed by atoms with Gasteiger partial charge >= 0.3 is 6.09 Å². The van der Waals surface area contributed by atoms with Gasteiger partial charge in [0.15, 0.2) is 6.29 Å². The summed E-state index contributed by atoms with van der Waals surface area (Å²) in [6.45, 7) is 6.79. The predicted octanol–water partition coefficient (Wildman–Crippen LogP) is 3.80. The second kappa shape index (κ2) is 15.6.